The van der Waals surface area contributed by atoms with Gasteiger partial charge in [0, 0.05) is 18.9 Å². The second-order valence-electron chi connectivity index (χ2n) is 2.84. The van der Waals surface area contributed by atoms with Crippen molar-refractivity contribution in [3.05, 3.63) is 28.9 Å². The average Bonchev–Trinajstić information content (AvgIpc) is 2.09. The number of thiol groups is 1. The first-order valence-electron chi connectivity index (χ1n) is 3.86. The maximum atomic E-state index is 11.1. The Labute approximate surface area is 76.9 Å². The van der Waals surface area contributed by atoms with Crippen molar-refractivity contribution in [3.63, 3.8) is 0 Å². The van der Waals surface area contributed by atoms with Crippen molar-refractivity contribution in [2.45, 2.75) is 13.5 Å². The van der Waals surface area contributed by atoms with E-state index in [2.05, 4.69) is 17.6 Å². The molecule has 1 rings (SSSR count). The third-order valence-electron chi connectivity index (χ3n) is 1.60. The summed E-state index contributed by atoms with van der Waals surface area (Å²) in [4.78, 5) is 14.7. The predicted octanol–water partition coefficient (Wildman–Crippen LogP) is 0.809. The van der Waals surface area contributed by atoms with E-state index in [9.17, 15) is 4.79 Å². The van der Waals surface area contributed by atoms with Gasteiger partial charge in [-0.2, -0.15) is 12.6 Å². The molecular weight excluding hydrogens is 172 g/mol. The standard InChI is InChI=1S/C8H12N2OS/c1-7(6-12)5-10-4-2-3-9-8(10)11/h2-4,7,12H,5-6H2,1H3. The number of aromatic nitrogens is 2. The van der Waals surface area contributed by atoms with Crippen molar-refractivity contribution >= 4 is 12.6 Å². The third-order valence-corrected chi connectivity index (χ3v) is 2.23. The van der Waals surface area contributed by atoms with Gasteiger partial charge in [-0.1, -0.05) is 6.92 Å². The van der Waals surface area contributed by atoms with E-state index in [-0.39, 0.29) is 5.69 Å². The van der Waals surface area contributed by atoms with E-state index in [0.717, 1.165) is 5.75 Å². The maximum Gasteiger partial charge on any atom is 0.347 e. The lowest BCUT2D eigenvalue weighted by atomic mass is 10.2. The van der Waals surface area contributed by atoms with E-state index in [1.807, 2.05) is 6.92 Å². The SMILES string of the molecule is CC(CS)Cn1cccnc1=O. The van der Waals surface area contributed by atoms with Gasteiger partial charge < -0.3 is 0 Å². The van der Waals surface area contributed by atoms with E-state index < -0.39 is 0 Å². The lowest BCUT2D eigenvalue weighted by Gasteiger charge is -2.08. The molecule has 0 aromatic carbocycles. The highest BCUT2D eigenvalue weighted by molar-refractivity contribution is 7.80. The first-order valence-corrected chi connectivity index (χ1v) is 4.49. The summed E-state index contributed by atoms with van der Waals surface area (Å²) in [6.45, 7) is 2.74. The van der Waals surface area contributed by atoms with Crippen LogP contribution < -0.4 is 5.69 Å². The molecule has 0 bridgehead atoms. The Hall–Kier alpha value is -0.770. The van der Waals surface area contributed by atoms with E-state index in [4.69, 9.17) is 0 Å². The van der Waals surface area contributed by atoms with Crippen LogP contribution in [-0.4, -0.2) is 15.3 Å². The lowest BCUT2D eigenvalue weighted by Crippen LogP contribution is -2.24. The molecule has 1 aromatic rings. The molecule has 3 nitrogen and oxygen atoms in total. The van der Waals surface area contributed by atoms with Gasteiger partial charge in [-0.15, -0.1) is 0 Å². The fourth-order valence-electron chi connectivity index (χ4n) is 0.920. The molecule has 0 spiro atoms. The summed E-state index contributed by atoms with van der Waals surface area (Å²) in [5.41, 5.74) is -0.189. The Bertz CT molecular complexity index is 297. The van der Waals surface area contributed by atoms with Crippen LogP contribution in [0.3, 0.4) is 0 Å². The van der Waals surface area contributed by atoms with Crippen LogP contribution in [0.15, 0.2) is 23.3 Å². The van der Waals surface area contributed by atoms with E-state index in [1.165, 1.54) is 6.20 Å². The van der Waals surface area contributed by atoms with Gasteiger partial charge in [-0.25, -0.2) is 9.78 Å². The highest BCUT2D eigenvalue weighted by Crippen LogP contribution is 1.99. The molecule has 1 atom stereocenters. The van der Waals surface area contributed by atoms with Gasteiger partial charge in [0.15, 0.2) is 0 Å². The van der Waals surface area contributed by atoms with Crippen molar-refractivity contribution < 1.29 is 0 Å². The van der Waals surface area contributed by atoms with Gasteiger partial charge in [0.1, 0.15) is 0 Å². The number of nitrogens with zero attached hydrogens (tertiary/aromatic N) is 2. The molecule has 66 valence electrons. The summed E-state index contributed by atoms with van der Waals surface area (Å²) in [6, 6.07) is 1.76. The maximum absolute atomic E-state index is 11.1. The predicted molar refractivity (Wildman–Crippen MR) is 51.5 cm³/mol. The number of hydrogen-bond donors (Lipinski definition) is 1. The first-order chi connectivity index (χ1) is 5.74. The van der Waals surface area contributed by atoms with Crippen molar-refractivity contribution in [2.24, 2.45) is 5.92 Å². The normalized spacial score (nSPS) is 12.8. The van der Waals surface area contributed by atoms with Gasteiger partial charge in [0.05, 0.1) is 0 Å². The summed E-state index contributed by atoms with van der Waals surface area (Å²) in [7, 11) is 0. The monoisotopic (exact) mass is 184 g/mol. The second-order valence-corrected chi connectivity index (χ2v) is 3.21. The summed E-state index contributed by atoms with van der Waals surface area (Å²) in [6.07, 6.45) is 3.25. The lowest BCUT2D eigenvalue weighted by molar-refractivity contribution is 0.511. The summed E-state index contributed by atoms with van der Waals surface area (Å²) < 4.78 is 1.60. The van der Waals surface area contributed by atoms with E-state index in [1.54, 1.807) is 16.8 Å². The molecule has 1 unspecified atom stereocenters. The zero-order chi connectivity index (χ0) is 8.97. The van der Waals surface area contributed by atoms with Crippen molar-refractivity contribution in [3.8, 4) is 0 Å². The minimum Gasteiger partial charge on any atom is -0.299 e. The highest BCUT2D eigenvalue weighted by atomic mass is 32.1. The van der Waals surface area contributed by atoms with Gasteiger partial charge in [0.2, 0.25) is 0 Å². The van der Waals surface area contributed by atoms with Crippen molar-refractivity contribution in [1.29, 1.82) is 0 Å². The molecule has 0 amide bonds. The first kappa shape index (κ1) is 9.32. The molecule has 1 heterocycles. The fourth-order valence-corrected chi connectivity index (χ4v) is 1.04. The highest BCUT2D eigenvalue weighted by Gasteiger charge is 2.01. The van der Waals surface area contributed by atoms with Crippen LogP contribution in [-0.2, 0) is 6.54 Å². The molecule has 0 saturated heterocycles. The Morgan fingerprint density at radius 3 is 3.08 bits per heavy atom. The molecule has 0 aliphatic carbocycles. The summed E-state index contributed by atoms with van der Waals surface area (Å²) >= 11 is 4.14. The van der Waals surface area contributed by atoms with Gasteiger partial charge in [-0.05, 0) is 17.7 Å². The minimum atomic E-state index is -0.189. The zero-order valence-corrected chi connectivity index (χ0v) is 7.87. The van der Waals surface area contributed by atoms with Crippen LogP contribution in [0.1, 0.15) is 6.92 Å². The molecule has 0 aliphatic rings. The Kier molecular flexibility index (Phi) is 3.34. The van der Waals surface area contributed by atoms with Crippen LogP contribution in [0.2, 0.25) is 0 Å². The average molecular weight is 184 g/mol. The molecule has 4 heteroatoms. The van der Waals surface area contributed by atoms with Gasteiger partial charge >= 0.3 is 5.69 Å². The number of hydrogen-bond acceptors (Lipinski definition) is 3. The summed E-state index contributed by atoms with van der Waals surface area (Å²) in [5.74, 6) is 1.18. The Morgan fingerprint density at radius 2 is 2.50 bits per heavy atom. The number of rotatable bonds is 3. The van der Waals surface area contributed by atoms with Crippen LogP contribution >= 0.6 is 12.6 Å². The van der Waals surface area contributed by atoms with Crippen LogP contribution in [0.25, 0.3) is 0 Å². The van der Waals surface area contributed by atoms with E-state index >= 15 is 0 Å². The fraction of sp³-hybridized carbons (Fsp3) is 0.500. The molecule has 1 aromatic heterocycles. The van der Waals surface area contributed by atoms with Crippen LogP contribution in [0.4, 0.5) is 0 Å². The van der Waals surface area contributed by atoms with Crippen molar-refractivity contribution in [1.82, 2.24) is 9.55 Å². The smallest absolute Gasteiger partial charge is 0.299 e. The van der Waals surface area contributed by atoms with Crippen molar-refractivity contribution in [2.75, 3.05) is 5.75 Å². The van der Waals surface area contributed by atoms with Gasteiger partial charge in [-0.3, -0.25) is 4.57 Å². The van der Waals surface area contributed by atoms with Gasteiger partial charge in [0.25, 0.3) is 0 Å². The molecule has 0 radical (unpaired) electrons. The zero-order valence-electron chi connectivity index (χ0n) is 6.97. The van der Waals surface area contributed by atoms with E-state index in [0.29, 0.717) is 12.5 Å². The molecular formula is C8H12N2OS. The molecule has 12 heavy (non-hydrogen) atoms. The Balaban J connectivity index is 2.76. The largest absolute Gasteiger partial charge is 0.347 e. The molecule has 0 saturated carbocycles. The van der Waals surface area contributed by atoms with Crippen LogP contribution in [0.5, 0.6) is 0 Å². The minimum absolute atomic E-state index is 0.189. The quantitative estimate of drug-likeness (QED) is 0.705. The van der Waals surface area contributed by atoms with Crippen LogP contribution in [0, 0.1) is 5.92 Å². The topological polar surface area (TPSA) is 34.9 Å². The third kappa shape index (κ3) is 2.37. The Morgan fingerprint density at radius 1 is 1.75 bits per heavy atom. The molecule has 0 fully saturated rings. The second kappa shape index (κ2) is 4.30. The molecule has 0 N–H and O–H groups in total. The molecule has 0 aliphatic heterocycles. The summed E-state index contributed by atoms with van der Waals surface area (Å²) in [5, 5.41) is 0.